The molecule has 4 heteroatoms. The van der Waals surface area contributed by atoms with Crippen LogP contribution < -0.4 is 0 Å². The molecule has 0 radical (unpaired) electrons. The highest BCUT2D eigenvalue weighted by Crippen LogP contribution is 2.24. The fourth-order valence-corrected chi connectivity index (χ4v) is 2.17. The third kappa shape index (κ3) is 3.00. The summed E-state index contributed by atoms with van der Waals surface area (Å²) in [5.74, 6) is 0. The summed E-state index contributed by atoms with van der Waals surface area (Å²) in [5.41, 5.74) is 0.871. The molecular formula is C14H17BrN2O. The second kappa shape index (κ2) is 5.24. The highest BCUT2D eigenvalue weighted by molar-refractivity contribution is 9.10. The van der Waals surface area contributed by atoms with Crippen molar-refractivity contribution in [3.05, 3.63) is 52.5 Å². The van der Waals surface area contributed by atoms with Crippen molar-refractivity contribution in [2.24, 2.45) is 0 Å². The van der Waals surface area contributed by atoms with Crippen molar-refractivity contribution < 1.29 is 5.11 Å². The lowest BCUT2D eigenvalue weighted by Gasteiger charge is -2.21. The van der Waals surface area contributed by atoms with Crippen LogP contribution in [0.4, 0.5) is 0 Å². The number of benzene rings is 1. The fraction of sp³-hybridized carbons (Fsp3) is 0.357. The Morgan fingerprint density at radius 3 is 2.56 bits per heavy atom. The van der Waals surface area contributed by atoms with E-state index in [1.165, 1.54) is 0 Å². The van der Waals surface area contributed by atoms with E-state index < -0.39 is 5.60 Å². The second-order valence-electron chi connectivity index (χ2n) is 4.67. The number of rotatable bonds is 4. The molecule has 0 aliphatic carbocycles. The molecule has 1 aromatic carbocycles. The van der Waals surface area contributed by atoms with Crippen LogP contribution >= 0.6 is 15.9 Å². The van der Waals surface area contributed by atoms with Crippen LogP contribution in [0.15, 0.2) is 41.3 Å². The maximum atomic E-state index is 10.5. The van der Waals surface area contributed by atoms with Crippen LogP contribution in [-0.2, 0) is 18.6 Å². The molecule has 1 atom stereocenters. The molecule has 0 aliphatic heterocycles. The van der Waals surface area contributed by atoms with Gasteiger partial charge in [-0.3, -0.25) is 0 Å². The van der Waals surface area contributed by atoms with Crippen molar-refractivity contribution in [2.45, 2.75) is 32.4 Å². The predicted octanol–water partition coefficient (Wildman–Crippen LogP) is 3.12. The summed E-state index contributed by atoms with van der Waals surface area (Å²) < 4.78 is 3.01. The first-order chi connectivity index (χ1) is 8.51. The van der Waals surface area contributed by atoms with Crippen molar-refractivity contribution in [2.75, 3.05) is 0 Å². The van der Waals surface area contributed by atoms with Gasteiger partial charge in [-0.25, -0.2) is 4.98 Å². The summed E-state index contributed by atoms with van der Waals surface area (Å²) in [5, 5.41) is 10.5. The summed E-state index contributed by atoms with van der Waals surface area (Å²) in [6.45, 7) is 4.72. The third-order valence-corrected chi connectivity index (χ3v) is 3.54. The van der Waals surface area contributed by atoms with Crippen LogP contribution in [0.5, 0.6) is 0 Å². The summed E-state index contributed by atoms with van der Waals surface area (Å²) >= 11 is 3.40. The van der Waals surface area contributed by atoms with E-state index in [4.69, 9.17) is 0 Å². The average molecular weight is 309 g/mol. The largest absolute Gasteiger partial charge is 0.383 e. The van der Waals surface area contributed by atoms with Crippen molar-refractivity contribution in [1.29, 1.82) is 0 Å². The lowest BCUT2D eigenvalue weighted by atomic mass is 9.94. The van der Waals surface area contributed by atoms with E-state index in [9.17, 15) is 5.11 Å². The number of aromatic nitrogens is 2. The Morgan fingerprint density at radius 2 is 2.00 bits per heavy atom. The minimum Gasteiger partial charge on any atom is -0.383 e. The Kier molecular flexibility index (Phi) is 3.88. The number of imidazole rings is 1. The molecule has 0 spiro atoms. The van der Waals surface area contributed by atoms with E-state index in [0.29, 0.717) is 12.1 Å². The molecule has 0 saturated heterocycles. The normalized spacial score (nSPS) is 14.4. The molecule has 0 fully saturated rings. The van der Waals surface area contributed by atoms with E-state index in [0.717, 1.165) is 16.6 Å². The van der Waals surface area contributed by atoms with Gasteiger partial charge in [0.15, 0.2) is 0 Å². The molecular weight excluding hydrogens is 292 g/mol. The molecule has 1 aromatic heterocycles. The number of halogens is 1. The van der Waals surface area contributed by atoms with Gasteiger partial charge in [-0.1, -0.05) is 28.1 Å². The first-order valence-corrected chi connectivity index (χ1v) is 6.79. The molecule has 0 amide bonds. The van der Waals surface area contributed by atoms with E-state index in [-0.39, 0.29) is 0 Å². The van der Waals surface area contributed by atoms with Crippen LogP contribution in [0.2, 0.25) is 0 Å². The molecule has 3 nitrogen and oxygen atoms in total. The molecule has 1 N–H and O–H groups in total. The highest BCUT2D eigenvalue weighted by Gasteiger charge is 2.26. The molecule has 0 saturated carbocycles. The SMILES string of the molecule is CCn1cnc(C(C)(O)Cc2ccc(Br)cc2)c1. The zero-order chi connectivity index (χ0) is 13.2. The van der Waals surface area contributed by atoms with Crippen LogP contribution in [-0.4, -0.2) is 14.7 Å². The molecule has 1 unspecified atom stereocenters. The van der Waals surface area contributed by atoms with Crippen molar-refractivity contribution in [3.8, 4) is 0 Å². The zero-order valence-electron chi connectivity index (χ0n) is 10.6. The minimum absolute atomic E-state index is 0.557. The number of nitrogens with zero attached hydrogens (tertiary/aromatic N) is 2. The van der Waals surface area contributed by atoms with Gasteiger partial charge in [0.05, 0.1) is 12.0 Å². The Morgan fingerprint density at radius 1 is 1.33 bits per heavy atom. The zero-order valence-corrected chi connectivity index (χ0v) is 12.2. The maximum absolute atomic E-state index is 10.5. The lowest BCUT2D eigenvalue weighted by molar-refractivity contribution is 0.0533. The average Bonchev–Trinajstić information content (AvgIpc) is 2.81. The van der Waals surface area contributed by atoms with Gasteiger partial charge >= 0.3 is 0 Å². The van der Waals surface area contributed by atoms with E-state index in [2.05, 4.69) is 27.8 Å². The Balaban J connectivity index is 2.18. The van der Waals surface area contributed by atoms with Crippen LogP contribution in [0.3, 0.4) is 0 Å². The maximum Gasteiger partial charge on any atom is 0.109 e. The van der Waals surface area contributed by atoms with Gasteiger partial charge in [0, 0.05) is 23.6 Å². The second-order valence-corrected chi connectivity index (χ2v) is 5.58. The quantitative estimate of drug-likeness (QED) is 0.942. The Hall–Kier alpha value is -1.13. The number of aryl methyl sites for hydroxylation is 1. The predicted molar refractivity (Wildman–Crippen MR) is 75.3 cm³/mol. The van der Waals surface area contributed by atoms with E-state index in [1.54, 1.807) is 13.3 Å². The summed E-state index contributed by atoms with van der Waals surface area (Å²) in [6.07, 6.45) is 4.21. The summed E-state index contributed by atoms with van der Waals surface area (Å²) in [6, 6.07) is 7.98. The number of hydrogen-bond acceptors (Lipinski definition) is 2. The smallest absolute Gasteiger partial charge is 0.109 e. The van der Waals surface area contributed by atoms with Gasteiger partial charge in [-0.05, 0) is 31.5 Å². The third-order valence-electron chi connectivity index (χ3n) is 3.01. The number of aliphatic hydroxyl groups is 1. The fourth-order valence-electron chi connectivity index (χ4n) is 1.90. The molecule has 2 aromatic rings. The topological polar surface area (TPSA) is 38.0 Å². The van der Waals surface area contributed by atoms with Gasteiger partial charge in [0.25, 0.3) is 0 Å². The van der Waals surface area contributed by atoms with Gasteiger partial charge in [0.2, 0.25) is 0 Å². The van der Waals surface area contributed by atoms with Crippen molar-refractivity contribution >= 4 is 15.9 Å². The monoisotopic (exact) mass is 308 g/mol. The Labute approximate surface area is 116 Å². The lowest BCUT2D eigenvalue weighted by Crippen LogP contribution is -2.24. The van der Waals surface area contributed by atoms with E-state index in [1.807, 2.05) is 35.0 Å². The van der Waals surface area contributed by atoms with Crippen LogP contribution in [0.1, 0.15) is 25.1 Å². The molecule has 1 heterocycles. The molecule has 96 valence electrons. The van der Waals surface area contributed by atoms with Crippen LogP contribution in [0, 0.1) is 0 Å². The van der Waals surface area contributed by atoms with Crippen LogP contribution in [0.25, 0.3) is 0 Å². The molecule has 18 heavy (non-hydrogen) atoms. The number of hydrogen-bond donors (Lipinski definition) is 1. The van der Waals surface area contributed by atoms with E-state index >= 15 is 0 Å². The first kappa shape index (κ1) is 13.3. The molecule has 2 rings (SSSR count). The highest BCUT2D eigenvalue weighted by atomic mass is 79.9. The van der Waals surface area contributed by atoms with Gasteiger partial charge in [0.1, 0.15) is 5.60 Å². The van der Waals surface area contributed by atoms with Crippen molar-refractivity contribution in [3.63, 3.8) is 0 Å². The summed E-state index contributed by atoms with van der Waals surface area (Å²) in [4.78, 5) is 4.28. The van der Waals surface area contributed by atoms with Gasteiger partial charge < -0.3 is 9.67 Å². The Bertz CT molecular complexity index is 517. The first-order valence-electron chi connectivity index (χ1n) is 6.00. The van der Waals surface area contributed by atoms with Gasteiger partial charge in [-0.2, -0.15) is 0 Å². The standard InChI is InChI=1S/C14H17BrN2O/c1-3-17-9-13(16-10-17)14(2,18)8-11-4-6-12(15)7-5-11/h4-7,9-10,18H,3,8H2,1-2H3. The summed E-state index contributed by atoms with van der Waals surface area (Å²) in [7, 11) is 0. The minimum atomic E-state index is -0.936. The molecule has 0 aliphatic rings. The van der Waals surface area contributed by atoms with Crippen molar-refractivity contribution in [1.82, 2.24) is 9.55 Å². The molecule has 0 bridgehead atoms. The van der Waals surface area contributed by atoms with Gasteiger partial charge in [-0.15, -0.1) is 0 Å².